The molecule has 0 aromatic carbocycles. The van der Waals surface area contributed by atoms with Crippen molar-refractivity contribution < 1.29 is 29.6 Å². The highest BCUT2D eigenvalue weighted by Crippen LogP contribution is 2.23. The van der Waals surface area contributed by atoms with E-state index in [4.69, 9.17) is 10.2 Å². The van der Waals surface area contributed by atoms with Gasteiger partial charge in [-0.25, -0.2) is 4.79 Å². The minimum Gasteiger partial charge on any atom is -0.505 e. The molecule has 6 nitrogen and oxygen atoms in total. The Labute approximate surface area is 74.0 Å². The maximum atomic E-state index is 10.9. The van der Waals surface area contributed by atoms with Crippen molar-refractivity contribution in [2.75, 3.05) is 13.7 Å². The lowest BCUT2D eigenvalue weighted by molar-refractivity contribution is -0.148. The monoisotopic (exact) mass is 190 g/mol. The van der Waals surface area contributed by atoms with Crippen molar-refractivity contribution in [2.24, 2.45) is 0 Å². The third-order valence-corrected chi connectivity index (χ3v) is 1.66. The molecule has 74 valence electrons. The van der Waals surface area contributed by atoms with Crippen LogP contribution in [0.25, 0.3) is 0 Å². The van der Waals surface area contributed by atoms with Crippen molar-refractivity contribution in [2.45, 2.75) is 12.2 Å². The van der Waals surface area contributed by atoms with E-state index >= 15 is 0 Å². The number of hydrogen-bond donors (Lipinski definition) is 3. The summed E-state index contributed by atoms with van der Waals surface area (Å²) in [6.07, 6.45) is -2.57. The van der Waals surface area contributed by atoms with Gasteiger partial charge in [0.1, 0.15) is 6.10 Å². The van der Waals surface area contributed by atoms with Gasteiger partial charge in [-0.2, -0.15) is 0 Å². The summed E-state index contributed by atoms with van der Waals surface area (Å²) in [5.41, 5.74) is 0. The molecular weight excluding hydrogens is 180 g/mol. The van der Waals surface area contributed by atoms with E-state index in [1.807, 2.05) is 0 Å². The Kier molecular flexibility index (Phi) is 2.74. The van der Waals surface area contributed by atoms with Gasteiger partial charge in [0.15, 0.2) is 11.9 Å². The fraction of sp³-hybridized carbons (Fsp3) is 0.571. The normalized spacial score (nSPS) is 24.5. The summed E-state index contributed by atoms with van der Waals surface area (Å²) in [7, 11) is 1.19. The highest BCUT2D eigenvalue weighted by Gasteiger charge is 2.39. The predicted octanol–water partition coefficient (Wildman–Crippen LogP) is -1.32. The van der Waals surface area contributed by atoms with Crippen LogP contribution in [0.5, 0.6) is 0 Å². The van der Waals surface area contributed by atoms with Gasteiger partial charge in [-0.3, -0.25) is 0 Å². The lowest BCUT2D eigenvalue weighted by atomic mass is 10.2. The average molecular weight is 190 g/mol. The molecule has 1 heterocycles. The molecule has 0 amide bonds. The number of aliphatic hydroxyl groups is 3. The van der Waals surface area contributed by atoms with Crippen LogP contribution in [0.3, 0.4) is 0 Å². The second-order valence-corrected chi connectivity index (χ2v) is 2.49. The Hall–Kier alpha value is -1.27. The lowest BCUT2D eigenvalue weighted by Gasteiger charge is -2.13. The van der Waals surface area contributed by atoms with E-state index in [9.17, 15) is 9.90 Å². The van der Waals surface area contributed by atoms with E-state index in [1.165, 1.54) is 7.11 Å². The third kappa shape index (κ3) is 1.58. The highest BCUT2D eigenvalue weighted by molar-refractivity contribution is 5.89. The highest BCUT2D eigenvalue weighted by atomic mass is 16.6. The molecule has 6 heteroatoms. The molecule has 0 spiro atoms. The van der Waals surface area contributed by atoms with Gasteiger partial charge in [-0.05, 0) is 0 Å². The third-order valence-electron chi connectivity index (χ3n) is 1.66. The smallest absolute Gasteiger partial charge is 0.378 e. The maximum Gasteiger partial charge on any atom is 0.378 e. The average Bonchev–Trinajstić information content (AvgIpc) is 2.40. The first-order chi connectivity index (χ1) is 6.11. The van der Waals surface area contributed by atoms with Crippen LogP contribution >= 0.6 is 0 Å². The van der Waals surface area contributed by atoms with Gasteiger partial charge < -0.3 is 24.8 Å². The van der Waals surface area contributed by atoms with E-state index < -0.39 is 30.5 Å². The molecule has 13 heavy (non-hydrogen) atoms. The molecular formula is C7H10O6. The molecule has 0 bridgehead atoms. The summed E-state index contributed by atoms with van der Waals surface area (Å²) in [6, 6.07) is 0. The number of carbonyl (C=O) groups is 1. The molecule has 0 aromatic rings. The summed E-state index contributed by atoms with van der Waals surface area (Å²) >= 11 is 0. The Morgan fingerprint density at radius 1 is 1.69 bits per heavy atom. The van der Waals surface area contributed by atoms with Crippen LogP contribution in [-0.2, 0) is 14.3 Å². The fourth-order valence-corrected chi connectivity index (χ4v) is 1.00. The Balaban J connectivity index is 2.84. The number of esters is 1. The summed E-state index contributed by atoms with van der Waals surface area (Å²) in [4.78, 5) is 10.9. The van der Waals surface area contributed by atoms with Gasteiger partial charge in [0.05, 0.1) is 13.7 Å². The number of rotatable bonds is 3. The predicted molar refractivity (Wildman–Crippen MR) is 39.6 cm³/mol. The van der Waals surface area contributed by atoms with E-state index in [0.717, 1.165) is 0 Å². The lowest BCUT2D eigenvalue weighted by Crippen LogP contribution is -2.31. The number of carbonyl (C=O) groups excluding carboxylic acids is 1. The number of methoxy groups -OCH3 is 1. The molecule has 0 saturated carbocycles. The summed E-state index contributed by atoms with van der Waals surface area (Å²) in [6.45, 7) is -0.612. The minimum absolute atomic E-state index is 0.336. The van der Waals surface area contributed by atoms with E-state index in [-0.39, 0.29) is 5.76 Å². The fourth-order valence-electron chi connectivity index (χ4n) is 1.00. The molecule has 1 aliphatic rings. The Morgan fingerprint density at radius 3 is 2.69 bits per heavy atom. The molecule has 0 unspecified atom stereocenters. The van der Waals surface area contributed by atoms with Crippen LogP contribution in [0.1, 0.15) is 0 Å². The van der Waals surface area contributed by atoms with Gasteiger partial charge in [0.2, 0.25) is 5.76 Å². The van der Waals surface area contributed by atoms with Crippen molar-refractivity contribution in [3.63, 3.8) is 0 Å². The molecule has 0 aromatic heterocycles. The first kappa shape index (κ1) is 9.82. The van der Waals surface area contributed by atoms with Gasteiger partial charge >= 0.3 is 5.97 Å². The second kappa shape index (κ2) is 3.63. The molecule has 0 radical (unpaired) electrons. The maximum absolute atomic E-state index is 10.9. The van der Waals surface area contributed by atoms with Crippen LogP contribution in [-0.4, -0.2) is 47.2 Å². The SMILES string of the molecule is COC1=C(O)[C@H]([C@@H](O)CO)OC1=O. The first-order valence-electron chi connectivity index (χ1n) is 3.58. The zero-order chi connectivity index (χ0) is 10.0. The summed E-state index contributed by atoms with van der Waals surface area (Å²) in [5.74, 6) is -1.68. The molecule has 1 aliphatic heterocycles. The van der Waals surface area contributed by atoms with Crippen molar-refractivity contribution in [1.82, 2.24) is 0 Å². The van der Waals surface area contributed by atoms with Gasteiger partial charge in [-0.1, -0.05) is 0 Å². The van der Waals surface area contributed by atoms with Crippen LogP contribution < -0.4 is 0 Å². The Bertz CT molecular complexity index is 245. The van der Waals surface area contributed by atoms with Crippen LogP contribution in [0.2, 0.25) is 0 Å². The van der Waals surface area contributed by atoms with Crippen molar-refractivity contribution in [1.29, 1.82) is 0 Å². The number of ether oxygens (including phenoxy) is 2. The number of hydrogen-bond acceptors (Lipinski definition) is 6. The summed E-state index contributed by atoms with van der Waals surface area (Å²) in [5, 5.41) is 26.9. The summed E-state index contributed by atoms with van der Waals surface area (Å²) < 4.78 is 9.05. The molecule has 1 rings (SSSR count). The van der Waals surface area contributed by atoms with Crippen LogP contribution in [0, 0.1) is 0 Å². The molecule has 0 saturated heterocycles. The van der Waals surface area contributed by atoms with Gasteiger partial charge in [0, 0.05) is 0 Å². The molecule has 0 aliphatic carbocycles. The van der Waals surface area contributed by atoms with Crippen LogP contribution in [0.4, 0.5) is 0 Å². The topological polar surface area (TPSA) is 96.2 Å². The zero-order valence-electron chi connectivity index (χ0n) is 6.93. The zero-order valence-corrected chi connectivity index (χ0v) is 6.93. The van der Waals surface area contributed by atoms with Crippen LogP contribution in [0.15, 0.2) is 11.5 Å². The number of aliphatic hydroxyl groups excluding tert-OH is 3. The quantitative estimate of drug-likeness (QED) is 0.478. The van der Waals surface area contributed by atoms with E-state index in [2.05, 4.69) is 9.47 Å². The van der Waals surface area contributed by atoms with E-state index in [0.29, 0.717) is 0 Å². The standard InChI is InChI=1S/C7H10O6/c1-12-6-4(10)5(3(9)2-8)13-7(6)11/h3,5,8-10H,2H2,1H3/t3-,5-/m0/s1. The van der Waals surface area contributed by atoms with Crippen molar-refractivity contribution in [3.05, 3.63) is 11.5 Å². The van der Waals surface area contributed by atoms with E-state index in [1.54, 1.807) is 0 Å². The molecule has 0 fully saturated rings. The largest absolute Gasteiger partial charge is 0.505 e. The Morgan fingerprint density at radius 2 is 2.31 bits per heavy atom. The van der Waals surface area contributed by atoms with Crippen molar-refractivity contribution in [3.8, 4) is 0 Å². The second-order valence-electron chi connectivity index (χ2n) is 2.49. The van der Waals surface area contributed by atoms with Crippen molar-refractivity contribution >= 4 is 5.97 Å². The number of cyclic esters (lactones) is 1. The van der Waals surface area contributed by atoms with Gasteiger partial charge in [-0.15, -0.1) is 0 Å². The first-order valence-corrected chi connectivity index (χ1v) is 3.58. The molecule has 3 N–H and O–H groups in total. The molecule has 2 atom stereocenters. The van der Waals surface area contributed by atoms with Gasteiger partial charge in [0.25, 0.3) is 0 Å². The minimum atomic E-state index is -1.34.